The first-order chi connectivity index (χ1) is 9.06. The zero-order valence-corrected chi connectivity index (χ0v) is 12.8. The van der Waals surface area contributed by atoms with Gasteiger partial charge >= 0.3 is 0 Å². The highest BCUT2D eigenvalue weighted by Crippen LogP contribution is 2.22. The van der Waals surface area contributed by atoms with E-state index in [2.05, 4.69) is 45.1 Å². The lowest BCUT2D eigenvalue weighted by Gasteiger charge is -2.16. The van der Waals surface area contributed by atoms with Crippen LogP contribution in [0, 0.1) is 5.92 Å². The first-order valence-corrected chi connectivity index (χ1v) is 7.25. The molecule has 2 aromatic heterocycles. The molecule has 0 amide bonds. The number of nitrogens with two attached hydrogens (primary N) is 1. The summed E-state index contributed by atoms with van der Waals surface area (Å²) in [6, 6.07) is 4.05. The Morgan fingerprint density at radius 3 is 2.89 bits per heavy atom. The predicted octanol–water partition coefficient (Wildman–Crippen LogP) is 3.18. The summed E-state index contributed by atoms with van der Waals surface area (Å²) in [5.41, 5.74) is 8.82. The first-order valence-electron chi connectivity index (χ1n) is 6.46. The average molecular weight is 323 g/mol. The number of nitrogens with one attached hydrogen (secondary N) is 1. The zero-order valence-electron chi connectivity index (χ0n) is 11.2. The molecule has 5 heteroatoms. The van der Waals surface area contributed by atoms with Gasteiger partial charge in [-0.25, -0.2) is 0 Å². The molecular weight excluding hydrogens is 304 g/mol. The van der Waals surface area contributed by atoms with Crippen molar-refractivity contribution >= 4 is 32.7 Å². The largest absolute Gasteiger partial charge is 0.382 e. The van der Waals surface area contributed by atoms with Crippen LogP contribution < -0.4 is 11.1 Å². The number of fused-ring (bicyclic) bond motifs is 1. The van der Waals surface area contributed by atoms with E-state index in [1.165, 1.54) is 0 Å². The molecule has 3 N–H and O–H groups in total. The maximum absolute atomic E-state index is 6.08. The second-order valence-electron chi connectivity index (χ2n) is 5.15. The molecule has 0 bridgehead atoms. The average Bonchev–Trinajstić information content (AvgIpc) is 2.35. The quantitative estimate of drug-likeness (QED) is 0.887. The van der Waals surface area contributed by atoms with Crippen LogP contribution in [0.2, 0.25) is 0 Å². The molecule has 4 nitrogen and oxygen atoms in total. The van der Waals surface area contributed by atoms with Gasteiger partial charge in [-0.05, 0) is 40.4 Å². The number of anilines is 1. The highest BCUT2D eigenvalue weighted by molar-refractivity contribution is 9.10. The molecule has 0 spiro atoms. The van der Waals surface area contributed by atoms with E-state index in [0.717, 1.165) is 34.2 Å². The fourth-order valence-corrected chi connectivity index (χ4v) is 2.40. The molecule has 0 aromatic carbocycles. The first kappa shape index (κ1) is 14.2. The lowest BCUT2D eigenvalue weighted by molar-refractivity contribution is 0.508. The third kappa shape index (κ3) is 3.88. The number of hydrogen-bond acceptors (Lipinski definition) is 4. The van der Waals surface area contributed by atoms with Crippen molar-refractivity contribution in [2.24, 2.45) is 11.7 Å². The van der Waals surface area contributed by atoms with Crippen LogP contribution in [0.3, 0.4) is 0 Å². The molecule has 0 fully saturated rings. The van der Waals surface area contributed by atoms with Crippen LogP contribution in [0.15, 0.2) is 29.0 Å². The van der Waals surface area contributed by atoms with Gasteiger partial charge in [-0.3, -0.25) is 9.97 Å². The van der Waals surface area contributed by atoms with Crippen LogP contribution in [-0.2, 0) is 0 Å². The van der Waals surface area contributed by atoms with Crippen LogP contribution in [0.4, 0.5) is 5.69 Å². The maximum atomic E-state index is 6.08. The van der Waals surface area contributed by atoms with Crippen molar-refractivity contribution in [2.75, 3.05) is 11.9 Å². The van der Waals surface area contributed by atoms with Crippen LogP contribution in [0.1, 0.15) is 20.3 Å². The molecule has 0 saturated heterocycles. The maximum Gasteiger partial charge on any atom is 0.112 e. The topological polar surface area (TPSA) is 63.8 Å². The zero-order chi connectivity index (χ0) is 13.8. The van der Waals surface area contributed by atoms with Gasteiger partial charge in [0.05, 0.1) is 11.2 Å². The smallest absolute Gasteiger partial charge is 0.112 e. The lowest BCUT2D eigenvalue weighted by Crippen LogP contribution is -2.30. The van der Waals surface area contributed by atoms with Crippen molar-refractivity contribution in [1.82, 2.24) is 9.97 Å². The minimum absolute atomic E-state index is 0.152. The van der Waals surface area contributed by atoms with E-state index in [-0.39, 0.29) is 6.04 Å². The van der Waals surface area contributed by atoms with E-state index in [1.54, 1.807) is 12.4 Å². The number of hydrogen-bond donors (Lipinski definition) is 2. The molecule has 2 heterocycles. The van der Waals surface area contributed by atoms with Gasteiger partial charge < -0.3 is 11.1 Å². The molecular formula is C14H19BrN4. The molecule has 0 radical (unpaired) electrons. The summed E-state index contributed by atoms with van der Waals surface area (Å²) in [6.07, 6.45) is 4.57. The Hall–Kier alpha value is -1.20. The van der Waals surface area contributed by atoms with Crippen LogP contribution in [0.5, 0.6) is 0 Å². The Balaban J connectivity index is 2.12. The summed E-state index contributed by atoms with van der Waals surface area (Å²) < 4.78 is 0.932. The van der Waals surface area contributed by atoms with E-state index in [4.69, 9.17) is 5.73 Å². The van der Waals surface area contributed by atoms with E-state index >= 15 is 0 Å². The minimum atomic E-state index is 0.152. The molecule has 0 saturated carbocycles. The van der Waals surface area contributed by atoms with Crippen molar-refractivity contribution < 1.29 is 0 Å². The summed E-state index contributed by atoms with van der Waals surface area (Å²) >= 11 is 3.40. The molecule has 1 atom stereocenters. The molecule has 0 aliphatic heterocycles. The second-order valence-corrected chi connectivity index (χ2v) is 6.07. The normalized spacial score (nSPS) is 12.9. The summed E-state index contributed by atoms with van der Waals surface area (Å²) in [5, 5.41) is 3.37. The SMILES string of the molecule is CC(C)CC(N)CNc1ccnc2cc(Br)cnc12. The number of halogens is 1. The van der Waals surface area contributed by atoms with Gasteiger partial charge in [-0.2, -0.15) is 0 Å². The Morgan fingerprint density at radius 1 is 1.37 bits per heavy atom. The van der Waals surface area contributed by atoms with Crippen molar-refractivity contribution in [2.45, 2.75) is 26.3 Å². The molecule has 0 aliphatic rings. The molecule has 2 rings (SSSR count). The number of nitrogens with zero attached hydrogens (tertiary/aromatic N) is 2. The van der Waals surface area contributed by atoms with E-state index < -0.39 is 0 Å². The van der Waals surface area contributed by atoms with E-state index in [1.807, 2.05) is 12.1 Å². The molecule has 1 unspecified atom stereocenters. The second kappa shape index (κ2) is 6.30. The fourth-order valence-electron chi connectivity index (χ4n) is 2.08. The van der Waals surface area contributed by atoms with E-state index in [0.29, 0.717) is 5.92 Å². The Bertz CT molecular complexity index is 556. The molecule has 2 aromatic rings. The summed E-state index contributed by atoms with van der Waals surface area (Å²) in [6.45, 7) is 5.11. The summed E-state index contributed by atoms with van der Waals surface area (Å²) in [7, 11) is 0. The molecule has 0 aliphatic carbocycles. The summed E-state index contributed by atoms with van der Waals surface area (Å²) in [5.74, 6) is 0.611. The highest BCUT2D eigenvalue weighted by atomic mass is 79.9. The van der Waals surface area contributed by atoms with E-state index in [9.17, 15) is 0 Å². The molecule has 102 valence electrons. The Labute approximate surface area is 121 Å². The third-order valence-electron chi connectivity index (χ3n) is 2.87. The van der Waals surface area contributed by atoms with Gasteiger partial charge in [0.15, 0.2) is 0 Å². The minimum Gasteiger partial charge on any atom is -0.382 e. The van der Waals surface area contributed by atoms with Gasteiger partial charge in [0, 0.05) is 29.5 Å². The predicted molar refractivity (Wildman–Crippen MR) is 83.2 cm³/mol. The Morgan fingerprint density at radius 2 is 2.16 bits per heavy atom. The van der Waals surface area contributed by atoms with Gasteiger partial charge in [0.2, 0.25) is 0 Å². The Kier molecular flexibility index (Phi) is 4.71. The highest BCUT2D eigenvalue weighted by Gasteiger charge is 2.08. The van der Waals surface area contributed by atoms with Crippen LogP contribution >= 0.6 is 15.9 Å². The van der Waals surface area contributed by atoms with Crippen molar-refractivity contribution in [1.29, 1.82) is 0 Å². The van der Waals surface area contributed by atoms with Crippen molar-refractivity contribution in [3.05, 3.63) is 29.0 Å². The van der Waals surface area contributed by atoms with Gasteiger partial charge in [0.1, 0.15) is 5.52 Å². The number of aromatic nitrogens is 2. The van der Waals surface area contributed by atoms with Crippen molar-refractivity contribution in [3.8, 4) is 0 Å². The number of pyridine rings is 2. The third-order valence-corrected chi connectivity index (χ3v) is 3.31. The lowest BCUT2D eigenvalue weighted by atomic mass is 10.0. The van der Waals surface area contributed by atoms with Gasteiger partial charge in [-0.15, -0.1) is 0 Å². The molecule has 19 heavy (non-hydrogen) atoms. The standard InChI is InChI=1S/C14H19BrN4/c1-9(2)5-11(16)8-18-12-3-4-17-13-6-10(15)7-19-14(12)13/h3-4,6-7,9,11H,5,8,16H2,1-2H3,(H,17,18). The monoisotopic (exact) mass is 322 g/mol. The van der Waals surface area contributed by atoms with Crippen molar-refractivity contribution in [3.63, 3.8) is 0 Å². The van der Waals surface area contributed by atoms with Gasteiger partial charge in [0.25, 0.3) is 0 Å². The van der Waals surface area contributed by atoms with Gasteiger partial charge in [-0.1, -0.05) is 13.8 Å². The summed E-state index contributed by atoms with van der Waals surface area (Å²) in [4.78, 5) is 8.72. The van der Waals surface area contributed by atoms with Crippen LogP contribution in [0.25, 0.3) is 11.0 Å². The number of rotatable bonds is 5. The fraction of sp³-hybridized carbons (Fsp3) is 0.429. The van der Waals surface area contributed by atoms with Crippen LogP contribution in [-0.4, -0.2) is 22.6 Å².